The number of hydrogen-bond acceptors (Lipinski definition) is 4. The highest BCUT2D eigenvalue weighted by molar-refractivity contribution is 7.92. The molecule has 0 radical (unpaired) electrons. The topological polar surface area (TPSA) is 80.5 Å². The lowest BCUT2D eigenvalue weighted by Gasteiger charge is -2.16. The van der Waals surface area contributed by atoms with Crippen molar-refractivity contribution in [2.45, 2.75) is 0 Å². The van der Waals surface area contributed by atoms with Crippen LogP contribution < -0.4 is 4.31 Å². The van der Waals surface area contributed by atoms with Gasteiger partial charge in [-0.1, -0.05) is 12.7 Å². The van der Waals surface area contributed by atoms with Gasteiger partial charge in [-0.25, -0.2) is 8.42 Å². The molecule has 0 atom stereocenters. The van der Waals surface area contributed by atoms with Crippen molar-refractivity contribution in [1.82, 2.24) is 0 Å². The van der Waals surface area contributed by atoms with E-state index in [1.54, 1.807) is 0 Å². The van der Waals surface area contributed by atoms with Gasteiger partial charge in [0.1, 0.15) is 5.69 Å². The summed E-state index contributed by atoms with van der Waals surface area (Å²) in [7, 11) is -2.27. The maximum Gasteiger partial charge on any atom is 0.293 e. The first-order chi connectivity index (χ1) is 7.77. The quantitative estimate of drug-likeness (QED) is 0.605. The Kier molecular flexibility index (Phi) is 3.52. The summed E-state index contributed by atoms with van der Waals surface area (Å²) in [4.78, 5) is 10.2. The van der Waals surface area contributed by atoms with Crippen LogP contribution in [0.25, 0.3) is 6.08 Å². The molecule has 0 unspecified atom stereocenters. The van der Waals surface area contributed by atoms with Crippen molar-refractivity contribution in [3.05, 3.63) is 40.5 Å². The van der Waals surface area contributed by atoms with Gasteiger partial charge in [-0.2, -0.15) is 0 Å². The molecule has 7 heteroatoms. The number of nitro groups is 1. The summed E-state index contributed by atoms with van der Waals surface area (Å²) in [6.45, 7) is 3.53. The third-order valence-corrected chi connectivity index (χ3v) is 3.46. The van der Waals surface area contributed by atoms with Crippen molar-refractivity contribution in [3.63, 3.8) is 0 Å². The second-order valence-electron chi connectivity index (χ2n) is 3.44. The zero-order valence-electron chi connectivity index (χ0n) is 9.45. The molecule has 1 aromatic rings. The number of nitro benzene ring substituents is 1. The van der Waals surface area contributed by atoms with E-state index in [1.807, 2.05) is 0 Å². The lowest BCUT2D eigenvalue weighted by molar-refractivity contribution is -0.384. The summed E-state index contributed by atoms with van der Waals surface area (Å²) < 4.78 is 23.6. The molecule has 0 heterocycles. The fourth-order valence-electron chi connectivity index (χ4n) is 1.25. The molecule has 0 bridgehead atoms. The van der Waals surface area contributed by atoms with Gasteiger partial charge in [0, 0.05) is 13.1 Å². The molecule has 0 saturated heterocycles. The summed E-state index contributed by atoms with van der Waals surface area (Å²) in [6, 6.07) is 4.17. The molecule has 0 amide bonds. The van der Waals surface area contributed by atoms with Crippen LogP contribution in [-0.2, 0) is 10.0 Å². The third kappa shape index (κ3) is 2.82. The fraction of sp³-hybridized carbons (Fsp3) is 0.200. The lowest BCUT2D eigenvalue weighted by Crippen LogP contribution is -2.25. The first kappa shape index (κ1) is 13.2. The molecule has 1 aromatic carbocycles. The van der Waals surface area contributed by atoms with Gasteiger partial charge in [-0.15, -0.1) is 0 Å². The molecular formula is C10H12N2O4S. The van der Waals surface area contributed by atoms with Crippen molar-refractivity contribution in [1.29, 1.82) is 0 Å². The second-order valence-corrected chi connectivity index (χ2v) is 5.45. The van der Waals surface area contributed by atoms with Gasteiger partial charge in [-0.05, 0) is 17.7 Å². The zero-order valence-corrected chi connectivity index (χ0v) is 10.3. The van der Waals surface area contributed by atoms with E-state index < -0.39 is 14.9 Å². The van der Waals surface area contributed by atoms with Crippen LogP contribution in [0.15, 0.2) is 24.8 Å². The van der Waals surface area contributed by atoms with Gasteiger partial charge < -0.3 is 0 Å². The van der Waals surface area contributed by atoms with Crippen LogP contribution >= 0.6 is 0 Å². The normalized spacial score (nSPS) is 10.9. The number of hydrogen-bond donors (Lipinski definition) is 0. The Morgan fingerprint density at radius 3 is 2.47 bits per heavy atom. The number of rotatable bonds is 4. The van der Waals surface area contributed by atoms with E-state index in [1.165, 1.54) is 31.3 Å². The second kappa shape index (κ2) is 4.54. The van der Waals surface area contributed by atoms with Crippen LogP contribution in [0, 0.1) is 10.1 Å². The first-order valence-electron chi connectivity index (χ1n) is 4.62. The van der Waals surface area contributed by atoms with E-state index in [0.717, 1.165) is 10.6 Å². The van der Waals surface area contributed by atoms with Crippen LogP contribution in [0.4, 0.5) is 11.4 Å². The Morgan fingerprint density at radius 2 is 2.06 bits per heavy atom. The van der Waals surface area contributed by atoms with Gasteiger partial charge in [0.15, 0.2) is 0 Å². The predicted octanol–water partition coefficient (Wildman–Crippen LogP) is 1.63. The molecule has 0 aliphatic rings. The van der Waals surface area contributed by atoms with Crippen LogP contribution in [0.1, 0.15) is 5.56 Å². The van der Waals surface area contributed by atoms with E-state index in [0.29, 0.717) is 5.56 Å². The Balaban J connectivity index is 3.47. The van der Waals surface area contributed by atoms with Gasteiger partial charge >= 0.3 is 0 Å². The highest BCUT2D eigenvalue weighted by Gasteiger charge is 2.22. The summed E-state index contributed by atoms with van der Waals surface area (Å²) in [5.74, 6) is 0. The average molecular weight is 256 g/mol. The summed E-state index contributed by atoms with van der Waals surface area (Å²) in [5, 5.41) is 10.8. The van der Waals surface area contributed by atoms with Crippen LogP contribution in [-0.4, -0.2) is 26.6 Å². The van der Waals surface area contributed by atoms with Crippen LogP contribution in [0.5, 0.6) is 0 Å². The maximum absolute atomic E-state index is 11.4. The summed E-state index contributed by atoms with van der Waals surface area (Å²) >= 11 is 0. The molecule has 0 aromatic heterocycles. The van der Waals surface area contributed by atoms with Crippen molar-refractivity contribution in [2.24, 2.45) is 0 Å². The lowest BCUT2D eigenvalue weighted by atomic mass is 10.1. The number of sulfonamides is 1. The van der Waals surface area contributed by atoms with Gasteiger partial charge in [-0.3, -0.25) is 14.4 Å². The third-order valence-electron chi connectivity index (χ3n) is 2.27. The molecule has 17 heavy (non-hydrogen) atoms. The molecule has 0 saturated carbocycles. The summed E-state index contributed by atoms with van der Waals surface area (Å²) in [5.41, 5.74) is 0.375. The highest BCUT2D eigenvalue weighted by Crippen LogP contribution is 2.30. The number of benzene rings is 1. The van der Waals surface area contributed by atoms with Crippen molar-refractivity contribution in [2.75, 3.05) is 17.6 Å². The Hall–Kier alpha value is -1.89. The Bertz CT molecular complexity index is 566. The van der Waals surface area contributed by atoms with Gasteiger partial charge in [0.2, 0.25) is 10.0 Å². The minimum absolute atomic E-state index is 0.0231. The largest absolute Gasteiger partial charge is 0.293 e. The van der Waals surface area contributed by atoms with E-state index in [2.05, 4.69) is 6.58 Å². The Morgan fingerprint density at radius 1 is 1.47 bits per heavy atom. The maximum atomic E-state index is 11.4. The van der Waals surface area contributed by atoms with E-state index in [9.17, 15) is 18.5 Å². The molecule has 92 valence electrons. The monoisotopic (exact) mass is 256 g/mol. The van der Waals surface area contributed by atoms with Gasteiger partial charge in [0.25, 0.3) is 5.69 Å². The van der Waals surface area contributed by atoms with Crippen molar-refractivity contribution < 1.29 is 13.3 Å². The highest BCUT2D eigenvalue weighted by atomic mass is 32.2. The number of nitrogens with zero attached hydrogens (tertiary/aromatic N) is 2. The van der Waals surface area contributed by atoms with E-state index in [-0.39, 0.29) is 11.4 Å². The average Bonchev–Trinajstić information content (AvgIpc) is 2.25. The van der Waals surface area contributed by atoms with Crippen molar-refractivity contribution >= 4 is 27.5 Å². The number of anilines is 1. The standard InChI is InChI=1S/C10H12N2O4S/c1-4-8-5-6-9(12(13)14)10(7-8)11(2)17(3,15)16/h4-7H,1H2,2-3H3. The molecule has 0 N–H and O–H groups in total. The fourth-order valence-corrected chi connectivity index (χ4v) is 1.76. The van der Waals surface area contributed by atoms with E-state index >= 15 is 0 Å². The van der Waals surface area contributed by atoms with Crippen LogP contribution in [0.2, 0.25) is 0 Å². The SMILES string of the molecule is C=Cc1ccc([N+](=O)[O-])c(N(C)S(C)(=O)=O)c1. The van der Waals surface area contributed by atoms with E-state index in [4.69, 9.17) is 0 Å². The molecule has 0 fully saturated rings. The molecule has 1 rings (SSSR count). The first-order valence-corrected chi connectivity index (χ1v) is 6.47. The van der Waals surface area contributed by atoms with Crippen LogP contribution in [0.3, 0.4) is 0 Å². The molecule has 0 aliphatic heterocycles. The zero-order chi connectivity index (χ0) is 13.2. The molecule has 6 nitrogen and oxygen atoms in total. The molecule has 0 spiro atoms. The predicted molar refractivity (Wildman–Crippen MR) is 66.4 cm³/mol. The van der Waals surface area contributed by atoms with Crippen molar-refractivity contribution in [3.8, 4) is 0 Å². The minimum atomic E-state index is -3.54. The smallest absolute Gasteiger partial charge is 0.267 e. The Labute approximate surface area is 99.4 Å². The van der Waals surface area contributed by atoms with Gasteiger partial charge in [0.05, 0.1) is 11.2 Å². The summed E-state index contributed by atoms with van der Waals surface area (Å²) in [6.07, 6.45) is 2.47. The minimum Gasteiger partial charge on any atom is -0.267 e. The molecular weight excluding hydrogens is 244 g/mol. The molecule has 0 aliphatic carbocycles.